The van der Waals surface area contributed by atoms with Gasteiger partial charge in [-0.25, -0.2) is 14.0 Å². The van der Waals surface area contributed by atoms with Crippen LogP contribution in [-0.4, -0.2) is 97.9 Å². The van der Waals surface area contributed by atoms with Crippen LogP contribution < -0.4 is 27.0 Å². The van der Waals surface area contributed by atoms with Gasteiger partial charge in [0.25, 0.3) is 0 Å². The van der Waals surface area contributed by atoms with Crippen molar-refractivity contribution in [1.82, 2.24) is 20.9 Å². The highest BCUT2D eigenvalue weighted by Crippen LogP contribution is 2.24. The zero-order valence-corrected chi connectivity index (χ0v) is 30.6. The molecular formula is C35H55FN6O9. The quantitative estimate of drug-likeness (QED) is 0.105. The molecule has 1 aliphatic rings. The largest absolute Gasteiger partial charge is 0.463 e. The number of benzene rings is 1. The number of anilines is 1. The van der Waals surface area contributed by atoms with Gasteiger partial charge in [-0.15, -0.1) is 0 Å². The Balaban J connectivity index is 2.01. The molecule has 0 bridgehead atoms. The summed E-state index contributed by atoms with van der Waals surface area (Å²) in [5, 5.41) is 10.7. The van der Waals surface area contributed by atoms with Gasteiger partial charge >= 0.3 is 18.1 Å². The second-order valence-electron chi connectivity index (χ2n) is 13.9. The Hall–Kier alpha value is -4.47. The van der Waals surface area contributed by atoms with E-state index in [-0.39, 0.29) is 64.0 Å². The van der Waals surface area contributed by atoms with Crippen LogP contribution in [0.25, 0.3) is 0 Å². The van der Waals surface area contributed by atoms with Crippen LogP contribution in [0.1, 0.15) is 79.2 Å². The maximum Gasteiger partial charge on any atom is 0.410 e. The number of carbonyl (C=O) groups excluding carboxylic acids is 6. The summed E-state index contributed by atoms with van der Waals surface area (Å²) in [6.45, 7) is 11.1. The molecule has 6 amide bonds. The van der Waals surface area contributed by atoms with Crippen molar-refractivity contribution in [1.29, 1.82) is 0 Å². The lowest BCUT2D eigenvalue weighted by Gasteiger charge is -2.25. The van der Waals surface area contributed by atoms with Crippen molar-refractivity contribution in [2.75, 3.05) is 38.2 Å². The molecule has 0 saturated carbocycles. The van der Waals surface area contributed by atoms with Crippen molar-refractivity contribution >= 4 is 41.5 Å². The maximum atomic E-state index is 14.2. The number of amides is 6. The summed E-state index contributed by atoms with van der Waals surface area (Å²) in [4.78, 5) is 76.4. The number of alkyl halides is 1. The fourth-order valence-electron chi connectivity index (χ4n) is 5.01. The average Bonchev–Trinajstić information content (AvgIpc) is 3.44. The van der Waals surface area contributed by atoms with E-state index in [1.165, 1.54) is 4.90 Å². The third-order valence-electron chi connectivity index (χ3n) is 7.89. The van der Waals surface area contributed by atoms with Gasteiger partial charge in [0.15, 0.2) is 0 Å². The van der Waals surface area contributed by atoms with E-state index in [0.717, 1.165) is 6.42 Å². The lowest BCUT2D eigenvalue weighted by molar-refractivity contribution is -0.154. The standard InChI is InChI=1S/C35H55FN6O9/c1-7-16-49-17-14-28(43)41-29(22(2)3)31(45)40-27(9-8-15-38-33(37)47)30(44)39-25-12-10-23(11-13-25)20-51-34(48)42-19-24(36)18-26(42)21-50-32(46)35(4,5)6/h10-13,22,24,26-27,29H,7-9,14-21H2,1-6H3,(H,39,44)(H,40,45)(H,41,43)(H3,37,38,47)/t24-,26-,27-,29-/m0/s1. The molecule has 2 rings (SSSR count). The van der Waals surface area contributed by atoms with Gasteiger partial charge in [-0.05, 0) is 63.6 Å². The SMILES string of the molecule is CCCOCCC(=O)N[C@H](C(=O)N[C@@H](CCCNC(N)=O)C(=O)Nc1ccc(COC(=O)N2C[C@@H](F)C[C@H]2COC(=O)C(C)(C)C)cc1)C(C)C. The first kappa shape index (κ1) is 42.7. The minimum atomic E-state index is -1.27. The summed E-state index contributed by atoms with van der Waals surface area (Å²) in [5.74, 6) is -2.16. The average molecular weight is 723 g/mol. The number of carbonyl (C=O) groups is 6. The summed E-state index contributed by atoms with van der Waals surface area (Å²) >= 11 is 0. The number of urea groups is 1. The van der Waals surface area contributed by atoms with Crippen molar-refractivity contribution < 1.29 is 47.4 Å². The first-order valence-corrected chi connectivity index (χ1v) is 17.4. The number of likely N-dealkylation sites (tertiary alicyclic amines) is 1. The summed E-state index contributed by atoms with van der Waals surface area (Å²) in [6, 6.07) is 3.16. The molecule has 1 saturated heterocycles. The van der Waals surface area contributed by atoms with Crippen molar-refractivity contribution in [2.24, 2.45) is 17.1 Å². The van der Waals surface area contributed by atoms with Crippen LogP contribution in [0.2, 0.25) is 0 Å². The number of nitrogens with two attached hydrogens (primary N) is 1. The number of primary amides is 1. The summed E-state index contributed by atoms with van der Waals surface area (Å²) < 4.78 is 30.3. The minimum Gasteiger partial charge on any atom is -0.463 e. The number of rotatable bonds is 19. The van der Waals surface area contributed by atoms with E-state index in [9.17, 15) is 33.2 Å². The lowest BCUT2D eigenvalue weighted by atomic mass is 9.97. The molecule has 286 valence electrons. The predicted octanol–water partition coefficient (Wildman–Crippen LogP) is 3.15. The number of ether oxygens (including phenoxy) is 3. The first-order valence-electron chi connectivity index (χ1n) is 17.4. The molecule has 4 atom stereocenters. The molecule has 1 aliphatic heterocycles. The van der Waals surface area contributed by atoms with Gasteiger partial charge in [-0.2, -0.15) is 0 Å². The molecule has 1 heterocycles. The fourth-order valence-corrected chi connectivity index (χ4v) is 5.01. The molecule has 6 N–H and O–H groups in total. The zero-order valence-electron chi connectivity index (χ0n) is 30.6. The normalized spacial score (nSPS) is 16.9. The lowest BCUT2D eigenvalue weighted by Crippen LogP contribution is -2.54. The van der Waals surface area contributed by atoms with E-state index < -0.39 is 59.6 Å². The Morgan fingerprint density at radius 1 is 1.00 bits per heavy atom. The number of hydrogen-bond donors (Lipinski definition) is 5. The van der Waals surface area contributed by atoms with E-state index >= 15 is 0 Å². The smallest absolute Gasteiger partial charge is 0.410 e. The molecule has 0 radical (unpaired) electrons. The van der Waals surface area contributed by atoms with Crippen LogP contribution in [0, 0.1) is 11.3 Å². The van der Waals surface area contributed by atoms with E-state index in [0.29, 0.717) is 24.3 Å². The van der Waals surface area contributed by atoms with Crippen LogP contribution in [0.15, 0.2) is 24.3 Å². The van der Waals surface area contributed by atoms with E-state index in [1.54, 1.807) is 58.9 Å². The van der Waals surface area contributed by atoms with Crippen LogP contribution in [-0.2, 0) is 40.0 Å². The second kappa shape index (κ2) is 21.0. The summed E-state index contributed by atoms with van der Waals surface area (Å²) in [6.07, 6.45) is -0.599. The molecule has 16 heteroatoms. The number of hydrogen-bond acceptors (Lipinski definition) is 9. The van der Waals surface area contributed by atoms with Gasteiger partial charge in [0.05, 0.1) is 24.6 Å². The minimum absolute atomic E-state index is 0.0331. The Morgan fingerprint density at radius 3 is 2.29 bits per heavy atom. The molecule has 0 aromatic heterocycles. The van der Waals surface area contributed by atoms with E-state index in [4.69, 9.17) is 19.9 Å². The molecule has 51 heavy (non-hydrogen) atoms. The van der Waals surface area contributed by atoms with Crippen molar-refractivity contribution in [3.8, 4) is 0 Å². The molecule has 1 fully saturated rings. The van der Waals surface area contributed by atoms with E-state index in [2.05, 4.69) is 21.3 Å². The summed E-state index contributed by atoms with van der Waals surface area (Å²) in [7, 11) is 0. The Kier molecular flexibility index (Phi) is 17.6. The second-order valence-corrected chi connectivity index (χ2v) is 13.9. The van der Waals surface area contributed by atoms with Crippen LogP contribution in [0.4, 0.5) is 19.7 Å². The van der Waals surface area contributed by atoms with Crippen LogP contribution in [0.5, 0.6) is 0 Å². The maximum absolute atomic E-state index is 14.2. The predicted molar refractivity (Wildman–Crippen MR) is 187 cm³/mol. The molecule has 1 aromatic carbocycles. The van der Waals surface area contributed by atoms with E-state index in [1.807, 2.05) is 6.92 Å². The zero-order chi connectivity index (χ0) is 38.1. The molecule has 1 aromatic rings. The molecule has 0 unspecified atom stereocenters. The molecular weight excluding hydrogens is 667 g/mol. The Labute approximate surface area is 299 Å². The fraction of sp³-hybridized carbons (Fsp3) is 0.657. The van der Waals surface area contributed by atoms with Crippen LogP contribution >= 0.6 is 0 Å². The topological polar surface area (TPSA) is 207 Å². The summed E-state index contributed by atoms with van der Waals surface area (Å²) in [5.41, 5.74) is 5.39. The number of nitrogens with zero attached hydrogens (tertiary/aromatic N) is 1. The van der Waals surface area contributed by atoms with Crippen molar-refractivity contribution in [3.05, 3.63) is 29.8 Å². The highest BCUT2D eigenvalue weighted by molar-refractivity contribution is 5.98. The highest BCUT2D eigenvalue weighted by atomic mass is 19.1. The number of nitrogens with one attached hydrogen (secondary N) is 4. The van der Waals surface area contributed by atoms with Gasteiger partial charge in [-0.1, -0.05) is 32.9 Å². The van der Waals surface area contributed by atoms with Gasteiger partial charge < -0.3 is 41.2 Å². The Bertz CT molecular complexity index is 1320. The third-order valence-corrected chi connectivity index (χ3v) is 7.89. The van der Waals surface area contributed by atoms with Crippen molar-refractivity contribution in [3.63, 3.8) is 0 Å². The first-order chi connectivity index (χ1) is 24.0. The van der Waals surface area contributed by atoms with Gasteiger partial charge in [-0.3, -0.25) is 24.1 Å². The highest BCUT2D eigenvalue weighted by Gasteiger charge is 2.38. The van der Waals surface area contributed by atoms with Gasteiger partial charge in [0, 0.05) is 31.7 Å². The monoisotopic (exact) mass is 722 g/mol. The van der Waals surface area contributed by atoms with Gasteiger partial charge in [0.1, 0.15) is 31.5 Å². The molecule has 0 spiro atoms. The molecule has 0 aliphatic carbocycles. The number of esters is 1. The van der Waals surface area contributed by atoms with Gasteiger partial charge in [0.2, 0.25) is 17.7 Å². The van der Waals surface area contributed by atoms with Crippen LogP contribution in [0.3, 0.4) is 0 Å². The Morgan fingerprint density at radius 2 is 1.69 bits per heavy atom. The number of halogens is 1. The molecule has 15 nitrogen and oxygen atoms in total. The van der Waals surface area contributed by atoms with Crippen molar-refractivity contribution in [2.45, 2.75) is 105 Å². The third kappa shape index (κ3) is 15.5.